The van der Waals surface area contributed by atoms with Gasteiger partial charge in [-0.05, 0) is 73.1 Å². The number of nitrogens with zero attached hydrogens (tertiary/aromatic N) is 10. The highest BCUT2D eigenvalue weighted by Crippen LogP contribution is 2.30. The van der Waals surface area contributed by atoms with E-state index in [0.717, 1.165) is 100 Å². The van der Waals surface area contributed by atoms with E-state index in [0.29, 0.717) is 93.3 Å². The largest absolute Gasteiger partial charge is 0.341 e. The van der Waals surface area contributed by atoms with Crippen LogP contribution < -0.4 is 5.56 Å². The lowest BCUT2D eigenvalue weighted by atomic mass is 9.89. The first kappa shape index (κ1) is 46.3. The normalized spacial score (nSPS) is 19.8. The highest BCUT2D eigenvalue weighted by atomic mass is 19.1. The zero-order chi connectivity index (χ0) is 47.4. The number of hydrogen-bond donors (Lipinski definition) is 1. The number of aromatic nitrogens is 4. The van der Waals surface area contributed by atoms with Crippen molar-refractivity contribution in [3.63, 3.8) is 0 Å². The van der Waals surface area contributed by atoms with Gasteiger partial charge < -0.3 is 24.5 Å². The summed E-state index contributed by atoms with van der Waals surface area (Å²) in [6, 6.07) is 19.7. The molecule has 5 aliphatic heterocycles. The maximum atomic E-state index is 15.1. The van der Waals surface area contributed by atoms with Gasteiger partial charge in [0.05, 0.1) is 35.4 Å². The molecular formula is C52H60FN11O5. The number of rotatable bonds is 11. The van der Waals surface area contributed by atoms with Gasteiger partial charge in [-0.3, -0.25) is 33.8 Å². The van der Waals surface area contributed by atoms with Crippen molar-refractivity contribution in [2.24, 2.45) is 5.92 Å². The van der Waals surface area contributed by atoms with Crippen molar-refractivity contribution >= 4 is 34.4 Å². The number of nitrogens with one attached hydrogen (secondary N) is 1. The summed E-state index contributed by atoms with van der Waals surface area (Å²) >= 11 is 0. The van der Waals surface area contributed by atoms with Gasteiger partial charge in [0.25, 0.3) is 17.4 Å². The Bertz CT molecular complexity index is 2740. The number of amides is 4. The molecule has 16 nitrogen and oxygen atoms in total. The summed E-state index contributed by atoms with van der Waals surface area (Å²) < 4.78 is 15.1. The van der Waals surface area contributed by atoms with Crippen LogP contribution in [0, 0.1) is 11.7 Å². The van der Waals surface area contributed by atoms with Crippen LogP contribution in [0.15, 0.2) is 84.0 Å². The molecule has 3 aromatic carbocycles. The van der Waals surface area contributed by atoms with Gasteiger partial charge in [0.2, 0.25) is 11.8 Å². The molecule has 4 saturated heterocycles. The summed E-state index contributed by atoms with van der Waals surface area (Å²) in [7, 11) is 0. The average Bonchev–Trinajstić information content (AvgIpc) is 3.81. The first-order valence-electron chi connectivity index (χ1n) is 24.6. The maximum Gasteiger partial charge on any atom is 0.272 e. The summed E-state index contributed by atoms with van der Waals surface area (Å²) in [6.45, 7) is 10.7. The number of likely N-dealkylation sites (tertiary alicyclic amines) is 2. The number of hydrogen-bond acceptors (Lipinski definition) is 11. The SMILES string of the molecule is O=C(CN1CCN(CC2CCN(C(=O)c3cccc([C@@H]4CCCN(C(=O)CN5Cc6cncnc6C5)C4)c3)CC2)CC1)N1CCN(C(=O)c2cc(Cc3n[nH]c(=O)c4ccccc34)ccc2F)CC1. The Morgan fingerprint density at radius 3 is 2.20 bits per heavy atom. The topological polar surface area (TPSA) is 162 Å². The van der Waals surface area contributed by atoms with Crippen molar-refractivity contribution in [2.75, 3.05) is 98.2 Å². The first-order valence-corrected chi connectivity index (χ1v) is 24.6. The van der Waals surface area contributed by atoms with Gasteiger partial charge in [0, 0.05) is 133 Å². The molecule has 4 amide bonds. The van der Waals surface area contributed by atoms with E-state index in [9.17, 15) is 24.0 Å². The molecule has 0 saturated carbocycles. The van der Waals surface area contributed by atoms with Crippen LogP contribution in [0.2, 0.25) is 0 Å². The van der Waals surface area contributed by atoms with Crippen LogP contribution >= 0.6 is 0 Å². The van der Waals surface area contributed by atoms with E-state index in [1.807, 2.05) is 40.3 Å². The molecule has 0 aliphatic carbocycles. The molecule has 360 valence electrons. The number of fused-ring (bicyclic) bond motifs is 2. The Kier molecular flexibility index (Phi) is 13.9. The van der Waals surface area contributed by atoms with Crippen LogP contribution in [0.3, 0.4) is 0 Å². The number of piperazine rings is 2. The minimum atomic E-state index is -0.602. The second kappa shape index (κ2) is 20.7. The molecular weight excluding hydrogens is 878 g/mol. The van der Waals surface area contributed by atoms with E-state index in [1.165, 1.54) is 6.07 Å². The van der Waals surface area contributed by atoms with E-state index >= 15 is 4.39 Å². The molecule has 1 atom stereocenters. The Morgan fingerprint density at radius 2 is 1.41 bits per heavy atom. The van der Waals surface area contributed by atoms with Crippen molar-refractivity contribution in [2.45, 2.75) is 51.1 Å². The summed E-state index contributed by atoms with van der Waals surface area (Å²) in [5.41, 5.74) is 4.96. The molecule has 0 radical (unpaired) electrons. The Morgan fingerprint density at radius 1 is 0.681 bits per heavy atom. The second-order valence-corrected chi connectivity index (χ2v) is 19.5. The van der Waals surface area contributed by atoms with E-state index in [2.05, 4.69) is 47.0 Å². The minimum absolute atomic E-state index is 0.0184. The minimum Gasteiger partial charge on any atom is -0.341 e. The third kappa shape index (κ3) is 10.6. The van der Waals surface area contributed by atoms with E-state index in [-0.39, 0.29) is 34.8 Å². The van der Waals surface area contributed by atoms with Crippen molar-refractivity contribution in [3.8, 4) is 0 Å². The van der Waals surface area contributed by atoms with Gasteiger partial charge in [0.15, 0.2) is 0 Å². The van der Waals surface area contributed by atoms with Crippen LogP contribution in [0.4, 0.5) is 4.39 Å². The van der Waals surface area contributed by atoms with Gasteiger partial charge in [-0.2, -0.15) is 5.10 Å². The summed E-state index contributed by atoms with van der Waals surface area (Å²) in [6.07, 6.45) is 7.55. The first-order chi connectivity index (χ1) is 33.6. The molecule has 5 aromatic rings. The Labute approximate surface area is 401 Å². The van der Waals surface area contributed by atoms with Crippen molar-refractivity contribution in [1.29, 1.82) is 0 Å². The Balaban J connectivity index is 0.633. The second-order valence-electron chi connectivity index (χ2n) is 19.5. The lowest BCUT2D eigenvalue weighted by molar-refractivity contribution is -0.134. The van der Waals surface area contributed by atoms with Crippen LogP contribution in [0.1, 0.15) is 80.4 Å². The predicted molar refractivity (Wildman–Crippen MR) is 257 cm³/mol. The van der Waals surface area contributed by atoms with Gasteiger partial charge in [-0.25, -0.2) is 19.5 Å². The van der Waals surface area contributed by atoms with Crippen LogP contribution in [-0.4, -0.2) is 176 Å². The zero-order valence-corrected chi connectivity index (χ0v) is 39.1. The fraction of sp³-hybridized carbons (Fsp3) is 0.462. The van der Waals surface area contributed by atoms with Crippen LogP contribution in [-0.2, 0) is 29.1 Å². The molecule has 10 rings (SSSR count). The average molecular weight is 938 g/mol. The molecule has 1 N–H and O–H groups in total. The molecule has 5 aliphatic rings. The van der Waals surface area contributed by atoms with E-state index in [1.54, 1.807) is 40.4 Å². The molecule has 2 aromatic heterocycles. The van der Waals surface area contributed by atoms with Gasteiger partial charge >= 0.3 is 0 Å². The van der Waals surface area contributed by atoms with Crippen LogP contribution in [0.25, 0.3) is 10.8 Å². The van der Waals surface area contributed by atoms with Gasteiger partial charge in [-0.15, -0.1) is 0 Å². The highest BCUT2D eigenvalue weighted by molar-refractivity contribution is 5.95. The molecule has 4 fully saturated rings. The predicted octanol–water partition coefficient (Wildman–Crippen LogP) is 3.62. The molecule has 7 heterocycles. The third-order valence-corrected chi connectivity index (χ3v) is 15.0. The smallest absolute Gasteiger partial charge is 0.272 e. The fourth-order valence-corrected chi connectivity index (χ4v) is 10.9. The van der Waals surface area contributed by atoms with Crippen molar-refractivity contribution in [1.82, 2.24) is 54.5 Å². The summed E-state index contributed by atoms with van der Waals surface area (Å²) in [4.78, 5) is 89.2. The number of benzene rings is 3. The third-order valence-electron chi connectivity index (χ3n) is 15.0. The number of halogens is 1. The zero-order valence-electron chi connectivity index (χ0n) is 39.1. The molecule has 0 spiro atoms. The lowest BCUT2D eigenvalue weighted by Crippen LogP contribution is -2.55. The number of carbonyl (C=O) groups is 4. The Hall–Kier alpha value is -6.43. The van der Waals surface area contributed by atoms with E-state index in [4.69, 9.17) is 0 Å². The molecule has 0 bridgehead atoms. The number of piperidine rings is 2. The van der Waals surface area contributed by atoms with Gasteiger partial charge in [0.1, 0.15) is 12.1 Å². The fourth-order valence-electron chi connectivity index (χ4n) is 10.9. The number of H-pyrrole nitrogens is 1. The molecule has 69 heavy (non-hydrogen) atoms. The quantitative estimate of drug-likeness (QED) is 0.206. The van der Waals surface area contributed by atoms with Gasteiger partial charge in [-0.1, -0.05) is 36.4 Å². The number of aromatic amines is 1. The van der Waals surface area contributed by atoms with Crippen molar-refractivity contribution < 1.29 is 23.6 Å². The summed E-state index contributed by atoms with van der Waals surface area (Å²) in [5.74, 6) is -0.0520. The lowest BCUT2D eigenvalue weighted by Gasteiger charge is -2.40. The summed E-state index contributed by atoms with van der Waals surface area (Å²) in [5, 5.41) is 7.99. The highest BCUT2D eigenvalue weighted by Gasteiger charge is 2.32. The molecule has 17 heteroatoms. The number of carbonyl (C=O) groups excluding carboxylic acids is 4. The van der Waals surface area contributed by atoms with Crippen molar-refractivity contribution in [3.05, 3.63) is 135 Å². The van der Waals surface area contributed by atoms with Crippen LogP contribution in [0.5, 0.6) is 0 Å². The maximum absolute atomic E-state index is 15.1. The van der Waals surface area contributed by atoms with E-state index < -0.39 is 11.7 Å². The standard InChI is InChI=1S/C52H60FN11O5/c53-45-11-10-37(26-46-42-8-1-2-9-43(42)50(67)57-56-46)25-44(45)52(69)63-23-21-61(22-24-63)48(65)33-59-19-17-58(18-20-59)29-36-12-15-62(16-13-36)51(68)39-6-3-5-38(27-39)40-7-4-14-64(31-40)49(66)34-60-30-41-28-54-35-55-47(41)32-60/h1-3,5-6,8-11,25,27-28,35-36,40H,4,7,12-24,26,29-34H2,(H,57,67)/t40-/m1/s1. The monoisotopic (exact) mass is 937 g/mol. The molecule has 0 unspecified atom stereocenters.